The summed E-state index contributed by atoms with van der Waals surface area (Å²) < 4.78 is 40.1. The van der Waals surface area contributed by atoms with Crippen LogP contribution in [-0.4, -0.2) is 16.3 Å². The molecule has 7 heteroatoms. The van der Waals surface area contributed by atoms with Crippen LogP contribution in [0, 0.1) is 0 Å². The van der Waals surface area contributed by atoms with Crippen LogP contribution in [-0.2, 0) is 6.42 Å². The molecule has 0 amide bonds. The molecule has 0 atom stereocenters. The smallest absolute Gasteiger partial charge is 0.406 e. The Balaban J connectivity index is 1.77. The Bertz CT molecular complexity index is 797. The molecule has 3 rings (SSSR count). The average molecular weight is 327 g/mol. The van der Waals surface area contributed by atoms with Gasteiger partial charge in [-0.3, -0.25) is 0 Å². The molecule has 3 nitrogen and oxygen atoms in total. The molecule has 0 spiro atoms. The van der Waals surface area contributed by atoms with Gasteiger partial charge in [-0.2, -0.15) is 0 Å². The molecule has 0 saturated heterocycles. The third-order valence-corrected chi connectivity index (χ3v) is 3.26. The molecular weight excluding hydrogens is 317 g/mol. The van der Waals surface area contributed by atoms with Gasteiger partial charge in [-0.25, -0.2) is 4.98 Å². The summed E-state index contributed by atoms with van der Waals surface area (Å²) in [5, 5.41) is 0.596. The molecule has 114 valence electrons. The number of rotatable bonds is 3. The van der Waals surface area contributed by atoms with Crippen molar-refractivity contribution in [2.75, 3.05) is 0 Å². The van der Waals surface area contributed by atoms with Gasteiger partial charge in [0.25, 0.3) is 0 Å². The van der Waals surface area contributed by atoms with Crippen LogP contribution in [0.1, 0.15) is 11.4 Å². The number of imidazole rings is 1. The molecule has 3 aromatic rings. The van der Waals surface area contributed by atoms with Gasteiger partial charge in [0.05, 0.1) is 11.0 Å². The summed E-state index contributed by atoms with van der Waals surface area (Å²) in [7, 11) is 0. The number of fused-ring (bicyclic) bond motifs is 1. The molecule has 1 aromatic heterocycles. The van der Waals surface area contributed by atoms with E-state index in [2.05, 4.69) is 14.7 Å². The molecule has 1 N–H and O–H groups in total. The molecule has 0 aliphatic rings. The number of hydrogen-bond acceptors (Lipinski definition) is 2. The quantitative estimate of drug-likeness (QED) is 0.757. The molecule has 2 aromatic carbocycles. The standard InChI is InChI=1S/C15H10ClF3N2O/c16-10-3-6-12-13(8-10)21-14(20-12)7-9-1-4-11(5-2-9)22-15(17,18)19/h1-6,8H,7H2,(H,20,21). The van der Waals surface area contributed by atoms with Crippen molar-refractivity contribution >= 4 is 22.6 Å². The van der Waals surface area contributed by atoms with Crippen molar-refractivity contribution in [1.29, 1.82) is 0 Å². The maximum absolute atomic E-state index is 12.1. The number of aromatic nitrogens is 2. The van der Waals surface area contributed by atoms with Crippen LogP contribution in [0.3, 0.4) is 0 Å². The average Bonchev–Trinajstić information content (AvgIpc) is 2.80. The zero-order chi connectivity index (χ0) is 15.7. The summed E-state index contributed by atoms with van der Waals surface area (Å²) in [5.74, 6) is 0.467. The maximum atomic E-state index is 12.1. The lowest BCUT2D eigenvalue weighted by Crippen LogP contribution is -2.17. The van der Waals surface area contributed by atoms with Crippen molar-refractivity contribution in [2.45, 2.75) is 12.8 Å². The third-order valence-electron chi connectivity index (χ3n) is 3.02. The number of hydrogen-bond donors (Lipinski definition) is 1. The Labute approximate surface area is 128 Å². The lowest BCUT2D eigenvalue weighted by atomic mass is 10.1. The highest BCUT2D eigenvalue weighted by atomic mass is 35.5. The minimum Gasteiger partial charge on any atom is -0.406 e. The van der Waals surface area contributed by atoms with Gasteiger partial charge in [-0.1, -0.05) is 23.7 Å². The molecule has 22 heavy (non-hydrogen) atoms. The predicted octanol–water partition coefficient (Wildman–Crippen LogP) is 4.71. The Hall–Kier alpha value is -2.21. The minimum atomic E-state index is -4.68. The van der Waals surface area contributed by atoms with E-state index in [0.717, 1.165) is 16.6 Å². The van der Waals surface area contributed by atoms with E-state index in [1.165, 1.54) is 12.1 Å². The first kappa shape index (κ1) is 14.7. The van der Waals surface area contributed by atoms with Crippen LogP contribution in [0.4, 0.5) is 13.2 Å². The molecule has 0 fully saturated rings. The fourth-order valence-electron chi connectivity index (χ4n) is 2.12. The second kappa shape index (κ2) is 5.53. The van der Waals surface area contributed by atoms with Crippen LogP contribution >= 0.6 is 11.6 Å². The summed E-state index contributed by atoms with van der Waals surface area (Å²) in [5.41, 5.74) is 2.43. The fourth-order valence-corrected chi connectivity index (χ4v) is 2.28. The lowest BCUT2D eigenvalue weighted by molar-refractivity contribution is -0.274. The van der Waals surface area contributed by atoms with Gasteiger partial charge in [-0.05, 0) is 35.9 Å². The molecule has 0 aliphatic heterocycles. The van der Waals surface area contributed by atoms with Crippen molar-refractivity contribution < 1.29 is 17.9 Å². The second-order valence-electron chi connectivity index (χ2n) is 4.71. The van der Waals surface area contributed by atoms with E-state index in [1.807, 2.05) is 6.07 Å². The largest absolute Gasteiger partial charge is 0.573 e. The van der Waals surface area contributed by atoms with Gasteiger partial charge in [0.2, 0.25) is 0 Å². The molecule has 1 heterocycles. The van der Waals surface area contributed by atoms with Crippen molar-refractivity contribution in [3.63, 3.8) is 0 Å². The molecule has 0 aliphatic carbocycles. The van der Waals surface area contributed by atoms with Gasteiger partial charge in [0, 0.05) is 11.4 Å². The van der Waals surface area contributed by atoms with Crippen LogP contribution in [0.2, 0.25) is 5.02 Å². The number of nitrogens with zero attached hydrogens (tertiary/aromatic N) is 1. The van der Waals surface area contributed by atoms with E-state index in [9.17, 15) is 13.2 Å². The number of nitrogens with one attached hydrogen (secondary N) is 1. The third kappa shape index (κ3) is 3.51. The summed E-state index contributed by atoms with van der Waals surface area (Å²) in [4.78, 5) is 7.54. The summed E-state index contributed by atoms with van der Waals surface area (Å²) in [6.07, 6.45) is -4.21. The van der Waals surface area contributed by atoms with Crippen molar-refractivity contribution in [3.05, 3.63) is 58.9 Å². The highest BCUT2D eigenvalue weighted by Crippen LogP contribution is 2.24. The van der Waals surface area contributed by atoms with E-state index in [-0.39, 0.29) is 5.75 Å². The zero-order valence-corrected chi connectivity index (χ0v) is 11.9. The first-order valence-electron chi connectivity index (χ1n) is 6.38. The number of alkyl halides is 3. The highest BCUT2D eigenvalue weighted by molar-refractivity contribution is 6.31. The van der Waals surface area contributed by atoms with Gasteiger partial charge < -0.3 is 9.72 Å². The Morgan fingerprint density at radius 3 is 2.50 bits per heavy atom. The Morgan fingerprint density at radius 1 is 1.09 bits per heavy atom. The Kier molecular flexibility index (Phi) is 3.70. The van der Waals surface area contributed by atoms with Crippen LogP contribution in [0.15, 0.2) is 42.5 Å². The van der Waals surface area contributed by atoms with E-state index in [1.54, 1.807) is 24.3 Å². The topological polar surface area (TPSA) is 37.9 Å². The second-order valence-corrected chi connectivity index (χ2v) is 5.15. The Morgan fingerprint density at radius 2 is 1.82 bits per heavy atom. The van der Waals surface area contributed by atoms with Crippen LogP contribution < -0.4 is 4.74 Å². The lowest BCUT2D eigenvalue weighted by Gasteiger charge is -2.08. The van der Waals surface area contributed by atoms with Crippen molar-refractivity contribution in [3.8, 4) is 5.75 Å². The molecule has 0 radical (unpaired) electrons. The normalized spacial score (nSPS) is 11.8. The van der Waals surface area contributed by atoms with Crippen molar-refractivity contribution in [2.24, 2.45) is 0 Å². The molecular formula is C15H10ClF3N2O. The minimum absolute atomic E-state index is 0.243. The van der Waals surface area contributed by atoms with Crippen molar-refractivity contribution in [1.82, 2.24) is 9.97 Å². The van der Waals surface area contributed by atoms with E-state index in [4.69, 9.17) is 11.6 Å². The zero-order valence-electron chi connectivity index (χ0n) is 11.1. The highest BCUT2D eigenvalue weighted by Gasteiger charge is 2.30. The summed E-state index contributed by atoms with van der Waals surface area (Å²) in [6, 6.07) is 11.0. The van der Waals surface area contributed by atoms with E-state index >= 15 is 0 Å². The SMILES string of the molecule is FC(F)(F)Oc1ccc(Cc2nc3cc(Cl)ccc3[nH]2)cc1. The number of ether oxygens (including phenoxy) is 1. The van der Waals surface area contributed by atoms with Gasteiger partial charge >= 0.3 is 6.36 Å². The van der Waals surface area contributed by atoms with E-state index in [0.29, 0.717) is 17.3 Å². The monoisotopic (exact) mass is 326 g/mol. The van der Waals surface area contributed by atoms with Gasteiger partial charge in [-0.15, -0.1) is 13.2 Å². The van der Waals surface area contributed by atoms with Crippen LogP contribution in [0.25, 0.3) is 11.0 Å². The fraction of sp³-hybridized carbons (Fsp3) is 0.133. The first-order chi connectivity index (χ1) is 10.4. The first-order valence-corrected chi connectivity index (χ1v) is 6.76. The predicted molar refractivity (Wildman–Crippen MR) is 77.0 cm³/mol. The number of H-pyrrole nitrogens is 1. The number of halogens is 4. The molecule has 0 bridgehead atoms. The van der Waals surface area contributed by atoms with Gasteiger partial charge in [0.1, 0.15) is 11.6 Å². The summed E-state index contributed by atoms with van der Waals surface area (Å²) >= 11 is 5.90. The number of benzene rings is 2. The summed E-state index contributed by atoms with van der Waals surface area (Å²) in [6.45, 7) is 0. The van der Waals surface area contributed by atoms with E-state index < -0.39 is 6.36 Å². The van der Waals surface area contributed by atoms with Gasteiger partial charge in [0.15, 0.2) is 0 Å². The number of aromatic amines is 1. The van der Waals surface area contributed by atoms with Crippen LogP contribution in [0.5, 0.6) is 5.75 Å². The maximum Gasteiger partial charge on any atom is 0.573 e. The molecule has 0 unspecified atom stereocenters. The molecule has 0 saturated carbocycles.